The van der Waals surface area contributed by atoms with E-state index in [1.165, 1.54) is 51.4 Å². The van der Waals surface area contributed by atoms with Gasteiger partial charge in [0.25, 0.3) is 0 Å². The van der Waals surface area contributed by atoms with Crippen LogP contribution in [0.1, 0.15) is 209 Å². The zero-order valence-corrected chi connectivity index (χ0v) is 36.2. The number of carbonyl (C=O) groups is 3. The van der Waals surface area contributed by atoms with E-state index in [0.717, 1.165) is 102 Å². The van der Waals surface area contributed by atoms with Gasteiger partial charge in [0.05, 0.1) is 13.2 Å². The van der Waals surface area contributed by atoms with Crippen LogP contribution in [-0.4, -0.2) is 62.8 Å². The molecule has 0 saturated carbocycles. The van der Waals surface area contributed by atoms with Crippen LogP contribution in [0.25, 0.3) is 0 Å². The van der Waals surface area contributed by atoms with Crippen LogP contribution in [0.4, 0.5) is 0 Å². The minimum atomic E-state index is -0.109. The largest absolute Gasteiger partial charge is 0.466 e. The molecule has 308 valence electrons. The van der Waals surface area contributed by atoms with Crippen molar-refractivity contribution in [3.63, 3.8) is 0 Å². The Morgan fingerprint density at radius 2 is 0.885 bits per heavy atom. The summed E-state index contributed by atoms with van der Waals surface area (Å²) in [6.07, 6.45) is 23.4. The monoisotopic (exact) mass is 738 g/mol. The Labute approximate surface area is 322 Å². The molecule has 0 rings (SSSR count). The van der Waals surface area contributed by atoms with Crippen molar-refractivity contribution >= 4 is 17.9 Å². The molecule has 0 unspecified atom stereocenters. The molecule has 0 aromatic heterocycles. The predicted octanol–water partition coefficient (Wildman–Crippen LogP) is 12.3. The van der Waals surface area contributed by atoms with E-state index >= 15 is 0 Å². The van der Waals surface area contributed by atoms with Crippen molar-refractivity contribution < 1.29 is 28.6 Å². The average molecular weight is 738 g/mol. The van der Waals surface area contributed by atoms with Gasteiger partial charge in [-0.2, -0.15) is 0 Å². The maximum atomic E-state index is 12.8. The Balaban J connectivity index is 4.58. The second-order valence-corrected chi connectivity index (χ2v) is 18.5. The van der Waals surface area contributed by atoms with Gasteiger partial charge in [-0.15, -0.1) is 0 Å². The molecule has 0 amide bonds. The van der Waals surface area contributed by atoms with Gasteiger partial charge in [0.15, 0.2) is 0 Å². The first kappa shape index (κ1) is 50.4. The van der Waals surface area contributed by atoms with Crippen LogP contribution in [0.3, 0.4) is 0 Å². The first-order chi connectivity index (χ1) is 24.5. The van der Waals surface area contributed by atoms with Gasteiger partial charge in [-0.25, -0.2) is 0 Å². The molecule has 0 spiro atoms. The second-order valence-electron chi connectivity index (χ2n) is 18.5. The first-order valence-corrected chi connectivity index (χ1v) is 21.7. The number of esters is 3. The number of ether oxygens (including phenoxy) is 3. The van der Waals surface area contributed by atoms with Crippen molar-refractivity contribution in [2.75, 3.05) is 33.9 Å². The summed E-state index contributed by atoms with van der Waals surface area (Å²) >= 11 is 0. The van der Waals surface area contributed by atoms with E-state index in [1.807, 2.05) is 14.1 Å². The van der Waals surface area contributed by atoms with Gasteiger partial charge in [-0.05, 0) is 114 Å². The minimum Gasteiger partial charge on any atom is -0.466 e. The third-order valence-corrected chi connectivity index (χ3v) is 10.4. The molecule has 0 aromatic rings. The molecule has 0 fully saturated rings. The van der Waals surface area contributed by atoms with Crippen LogP contribution in [0, 0.1) is 22.7 Å². The van der Waals surface area contributed by atoms with Crippen LogP contribution >= 0.6 is 0 Å². The summed E-state index contributed by atoms with van der Waals surface area (Å²) in [5.74, 6) is 1.27. The van der Waals surface area contributed by atoms with E-state index in [-0.39, 0.29) is 34.8 Å². The first-order valence-electron chi connectivity index (χ1n) is 21.7. The maximum absolute atomic E-state index is 12.8. The highest BCUT2D eigenvalue weighted by molar-refractivity contribution is 5.70. The number of unbranched alkanes of at least 4 members (excludes halogenated alkanes) is 8. The number of nitrogens with zero attached hydrogens (tertiary/aromatic N) is 1. The highest BCUT2D eigenvalue weighted by atomic mass is 16.5. The molecule has 0 aliphatic heterocycles. The molecule has 0 saturated heterocycles. The lowest BCUT2D eigenvalue weighted by Gasteiger charge is -2.27. The molecule has 0 N–H and O–H groups in total. The Kier molecular flexibility index (Phi) is 29.7. The van der Waals surface area contributed by atoms with E-state index in [9.17, 15) is 14.4 Å². The second kappa shape index (κ2) is 30.7. The summed E-state index contributed by atoms with van der Waals surface area (Å²) in [6, 6.07) is 0. The van der Waals surface area contributed by atoms with Crippen LogP contribution in [0.5, 0.6) is 0 Å². The standard InChI is InChI=1S/C45H87NO6/c1-38(2)24-17-13-11-15-19-36-50-41(47)29-33-44(5,6)31-21-26-40(52-43(49)28-23-35-46(9)10)27-22-32-45(7,8)34-30-42(48)51-37-20-16-12-14-18-25-39(3)4/h38-40H,11-37H2,1-10H3. The Bertz CT molecular complexity index is 838. The van der Waals surface area contributed by atoms with E-state index in [2.05, 4.69) is 60.3 Å². The molecule has 0 bridgehead atoms. The van der Waals surface area contributed by atoms with E-state index in [1.54, 1.807) is 0 Å². The van der Waals surface area contributed by atoms with Crippen molar-refractivity contribution in [1.82, 2.24) is 4.90 Å². The smallest absolute Gasteiger partial charge is 0.306 e. The molecule has 0 aromatic carbocycles. The van der Waals surface area contributed by atoms with Crippen molar-refractivity contribution in [3.05, 3.63) is 0 Å². The summed E-state index contributed by atoms with van der Waals surface area (Å²) in [5, 5.41) is 0. The van der Waals surface area contributed by atoms with Crippen molar-refractivity contribution in [3.8, 4) is 0 Å². The van der Waals surface area contributed by atoms with Crippen LogP contribution in [0.15, 0.2) is 0 Å². The Morgan fingerprint density at radius 1 is 0.481 bits per heavy atom. The van der Waals surface area contributed by atoms with Gasteiger partial charge < -0.3 is 19.1 Å². The number of carbonyl (C=O) groups excluding carboxylic acids is 3. The van der Waals surface area contributed by atoms with Crippen molar-refractivity contribution in [2.24, 2.45) is 22.7 Å². The van der Waals surface area contributed by atoms with Gasteiger partial charge in [-0.1, -0.05) is 120 Å². The third kappa shape index (κ3) is 34.2. The highest BCUT2D eigenvalue weighted by Gasteiger charge is 2.24. The molecule has 0 aliphatic carbocycles. The van der Waals surface area contributed by atoms with Crippen LogP contribution < -0.4 is 0 Å². The lowest BCUT2D eigenvalue weighted by atomic mass is 9.81. The number of rotatable bonds is 35. The topological polar surface area (TPSA) is 82.1 Å². The van der Waals surface area contributed by atoms with E-state index in [4.69, 9.17) is 14.2 Å². The SMILES string of the molecule is CC(C)CCCCCCCOC(=O)CCC(C)(C)CCCC(CCCC(C)(C)CCC(=O)OCCCCCCCC(C)C)OC(=O)CCCN(C)C. The number of hydrogen-bond donors (Lipinski definition) is 0. The summed E-state index contributed by atoms with van der Waals surface area (Å²) in [4.78, 5) is 39.7. The fourth-order valence-corrected chi connectivity index (χ4v) is 6.68. The van der Waals surface area contributed by atoms with Gasteiger partial charge in [-0.3, -0.25) is 14.4 Å². The zero-order valence-electron chi connectivity index (χ0n) is 36.2. The van der Waals surface area contributed by atoms with Gasteiger partial charge in [0.1, 0.15) is 6.10 Å². The molecule has 0 heterocycles. The molecular formula is C45H87NO6. The van der Waals surface area contributed by atoms with E-state index < -0.39 is 0 Å². The molecule has 0 aliphatic rings. The number of hydrogen-bond acceptors (Lipinski definition) is 7. The van der Waals surface area contributed by atoms with Crippen LogP contribution in [-0.2, 0) is 28.6 Å². The maximum Gasteiger partial charge on any atom is 0.306 e. The molecule has 7 heteroatoms. The normalized spacial score (nSPS) is 12.3. The highest BCUT2D eigenvalue weighted by Crippen LogP contribution is 2.32. The quantitative estimate of drug-likeness (QED) is 0.0364. The van der Waals surface area contributed by atoms with Crippen molar-refractivity contribution in [2.45, 2.75) is 216 Å². The summed E-state index contributed by atoms with van der Waals surface area (Å²) < 4.78 is 17.1. The fraction of sp³-hybridized carbons (Fsp3) is 0.933. The lowest BCUT2D eigenvalue weighted by Crippen LogP contribution is -2.22. The zero-order chi connectivity index (χ0) is 39.3. The van der Waals surface area contributed by atoms with Crippen LogP contribution in [0.2, 0.25) is 0 Å². The molecular weight excluding hydrogens is 650 g/mol. The van der Waals surface area contributed by atoms with Gasteiger partial charge in [0, 0.05) is 19.3 Å². The fourth-order valence-electron chi connectivity index (χ4n) is 6.68. The molecule has 0 atom stereocenters. The summed E-state index contributed by atoms with van der Waals surface area (Å²) in [5.41, 5.74) is 0.0273. The summed E-state index contributed by atoms with van der Waals surface area (Å²) in [7, 11) is 4.04. The van der Waals surface area contributed by atoms with Crippen molar-refractivity contribution in [1.29, 1.82) is 0 Å². The predicted molar refractivity (Wildman–Crippen MR) is 218 cm³/mol. The summed E-state index contributed by atoms with van der Waals surface area (Å²) in [6.45, 7) is 19.9. The molecule has 0 radical (unpaired) electrons. The van der Waals surface area contributed by atoms with Gasteiger partial charge in [0.2, 0.25) is 0 Å². The molecule has 7 nitrogen and oxygen atoms in total. The molecule has 52 heavy (non-hydrogen) atoms. The lowest BCUT2D eigenvalue weighted by molar-refractivity contribution is -0.150. The Hall–Kier alpha value is -1.63. The Morgan fingerprint density at radius 3 is 1.29 bits per heavy atom. The van der Waals surface area contributed by atoms with Gasteiger partial charge >= 0.3 is 17.9 Å². The third-order valence-electron chi connectivity index (χ3n) is 10.4. The minimum absolute atomic E-state index is 0.0136. The average Bonchev–Trinajstić information content (AvgIpc) is 3.04. The van der Waals surface area contributed by atoms with E-state index in [0.29, 0.717) is 32.5 Å².